The summed E-state index contributed by atoms with van der Waals surface area (Å²) in [5, 5.41) is 0.971. The van der Waals surface area contributed by atoms with Gasteiger partial charge in [-0.3, -0.25) is 9.59 Å². The van der Waals surface area contributed by atoms with Gasteiger partial charge >= 0.3 is 0 Å². The van der Waals surface area contributed by atoms with Gasteiger partial charge in [-0.1, -0.05) is 0 Å². The number of primary amides is 1. The van der Waals surface area contributed by atoms with E-state index >= 15 is 0 Å². The normalized spacial score (nSPS) is 14.1. The smallest absolute Gasteiger partial charge is 0.255 e. The first-order valence-electron chi connectivity index (χ1n) is 9.58. The molecular formula is C23H22N2O5. The molecular weight excluding hydrogens is 384 g/mol. The average molecular weight is 406 g/mol. The Kier molecular flexibility index (Phi) is 4.95. The van der Waals surface area contributed by atoms with Crippen LogP contribution >= 0.6 is 0 Å². The van der Waals surface area contributed by atoms with Crippen molar-refractivity contribution < 1.29 is 23.8 Å². The number of ketones is 1. The zero-order valence-electron chi connectivity index (χ0n) is 17.0. The number of nitrogens with two attached hydrogens (primary N) is 1. The van der Waals surface area contributed by atoms with Crippen LogP contribution in [0.25, 0.3) is 17.0 Å². The topological polar surface area (TPSA) is 92.8 Å². The molecule has 0 unspecified atom stereocenters. The molecule has 1 aliphatic heterocycles. The quantitative estimate of drug-likeness (QED) is 0.633. The van der Waals surface area contributed by atoms with Crippen molar-refractivity contribution in [1.29, 1.82) is 0 Å². The van der Waals surface area contributed by atoms with E-state index in [0.717, 1.165) is 28.8 Å². The summed E-state index contributed by atoms with van der Waals surface area (Å²) in [6, 6.07) is 9.14. The summed E-state index contributed by atoms with van der Waals surface area (Å²) >= 11 is 0. The molecule has 0 saturated carbocycles. The molecule has 0 aliphatic carbocycles. The molecule has 30 heavy (non-hydrogen) atoms. The highest BCUT2D eigenvalue weighted by atomic mass is 16.5. The van der Waals surface area contributed by atoms with Crippen LogP contribution in [0.2, 0.25) is 0 Å². The summed E-state index contributed by atoms with van der Waals surface area (Å²) in [4.78, 5) is 23.9. The van der Waals surface area contributed by atoms with Crippen molar-refractivity contribution in [2.45, 2.75) is 20.4 Å². The number of aryl methyl sites for hydroxylation is 1. The standard InChI is InChI=1S/C23H22N2O5/c1-4-25-11-14(17-10-15(28-3)5-7-18(17)25)9-20-22(27)16-6-8-19(29-12-21(24)26)13(2)23(16)30-20/h5-11H,4,12H2,1-3H3,(H2,24,26)/b20-9-. The summed E-state index contributed by atoms with van der Waals surface area (Å²) < 4.78 is 18.8. The number of amides is 1. The van der Waals surface area contributed by atoms with Gasteiger partial charge in [-0.15, -0.1) is 0 Å². The van der Waals surface area contributed by atoms with E-state index < -0.39 is 5.91 Å². The maximum Gasteiger partial charge on any atom is 0.255 e. The van der Waals surface area contributed by atoms with Crippen molar-refractivity contribution in [2.24, 2.45) is 5.73 Å². The van der Waals surface area contributed by atoms with Crippen molar-refractivity contribution in [2.75, 3.05) is 13.7 Å². The number of hydrogen-bond donors (Lipinski definition) is 1. The van der Waals surface area contributed by atoms with Gasteiger partial charge in [0.1, 0.15) is 17.2 Å². The number of allylic oxidation sites excluding steroid dienone is 1. The van der Waals surface area contributed by atoms with Crippen LogP contribution in [0.1, 0.15) is 28.4 Å². The maximum atomic E-state index is 12.9. The Morgan fingerprint density at radius 1 is 1.27 bits per heavy atom. The number of benzene rings is 2. The number of carbonyl (C=O) groups excluding carboxylic acids is 2. The lowest BCUT2D eigenvalue weighted by atomic mass is 10.1. The van der Waals surface area contributed by atoms with Crippen LogP contribution in [0.3, 0.4) is 0 Å². The summed E-state index contributed by atoms with van der Waals surface area (Å²) in [6.07, 6.45) is 3.74. The van der Waals surface area contributed by atoms with Gasteiger partial charge in [-0.05, 0) is 50.3 Å². The van der Waals surface area contributed by atoms with Gasteiger partial charge < -0.3 is 24.5 Å². The second-order valence-electron chi connectivity index (χ2n) is 7.01. The molecule has 1 aromatic heterocycles. The molecule has 2 aromatic carbocycles. The van der Waals surface area contributed by atoms with Crippen molar-refractivity contribution >= 4 is 28.7 Å². The predicted octanol–water partition coefficient (Wildman–Crippen LogP) is 3.46. The number of rotatable bonds is 6. The molecule has 1 amide bonds. The minimum Gasteiger partial charge on any atom is -0.497 e. The lowest BCUT2D eigenvalue weighted by Gasteiger charge is -2.09. The Bertz CT molecular complexity index is 1210. The molecule has 7 heteroatoms. The molecule has 0 fully saturated rings. The number of nitrogens with zero attached hydrogens (tertiary/aromatic N) is 1. The van der Waals surface area contributed by atoms with E-state index in [0.29, 0.717) is 22.6 Å². The van der Waals surface area contributed by atoms with Crippen molar-refractivity contribution in [1.82, 2.24) is 4.57 Å². The molecule has 3 aromatic rings. The van der Waals surface area contributed by atoms with Crippen LogP contribution in [0, 0.1) is 6.92 Å². The van der Waals surface area contributed by atoms with E-state index in [2.05, 4.69) is 11.5 Å². The van der Waals surface area contributed by atoms with Crippen LogP contribution in [0.4, 0.5) is 0 Å². The van der Waals surface area contributed by atoms with Crippen molar-refractivity contribution in [3.05, 3.63) is 59.0 Å². The summed E-state index contributed by atoms with van der Waals surface area (Å²) in [5.41, 5.74) is 8.16. The molecule has 0 radical (unpaired) electrons. The van der Waals surface area contributed by atoms with Crippen LogP contribution < -0.4 is 19.9 Å². The first-order valence-corrected chi connectivity index (χ1v) is 9.58. The summed E-state index contributed by atoms with van der Waals surface area (Å²) in [6.45, 7) is 4.39. The SMILES string of the molecule is CCn1cc(/C=C2\Oc3c(ccc(OCC(N)=O)c3C)C2=O)c2cc(OC)ccc21. The number of carbonyl (C=O) groups is 2. The monoisotopic (exact) mass is 406 g/mol. The van der Waals surface area contributed by atoms with Crippen LogP contribution in [0.5, 0.6) is 17.2 Å². The Labute approximate surface area is 173 Å². The lowest BCUT2D eigenvalue weighted by molar-refractivity contribution is -0.119. The number of hydrogen-bond acceptors (Lipinski definition) is 5. The second kappa shape index (κ2) is 7.59. The van der Waals surface area contributed by atoms with Gasteiger partial charge in [0.05, 0.1) is 12.7 Å². The molecule has 0 atom stereocenters. The van der Waals surface area contributed by atoms with Gasteiger partial charge in [-0.2, -0.15) is 0 Å². The first kappa shape index (κ1) is 19.6. The molecule has 154 valence electrons. The van der Waals surface area contributed by atoms with Gasteiger partial charge in [0.2, 0.25) is 5.78 Å². The van der Waals surface area contributed by atoms with E-state index in [4.69, 9.17) is 19.9 Å². The van der Waals surface area contributed by atoms with E-state index in [1.165, 1.54) is 0 Å². The fraction of sp³-hybridized carbons (Fsp3) is 0.217. The summed E-state index contributed by atoms with van der Waals surface area (Å²) in [5.74, 6) is 1.09. The molecule has 1 aliphatic rings. The third kappa shape index (κ3) is 3.28. The fourth-order valence-electron chi connectivity index (χ4n) is 3.62. The minimum absolute atomic E-state index is 0.199. The van der Waals surface area contributed by atoms with Gasteiger partial charge in [0.15, 0.2) is 12.4 Å². The number of Topliss-reactive ketones (excluding diaryl/α,β-unsaturated/α-hetero) is 1. The van der Waals surface area contributed by atoms with Gasteiger partial charge in [0.25, 0.3) is 5.91 Å². The molecule has 7 nitrogen and oxygen atoms in total. The Balaban J connectivity index is 1.74. The van der Waals surface area contributed by atoms with E-state index in [-0.39, 0.29) is 18.1 Å². The third-order valence-corrected chi connectivity index (χ3v) is 5.15. The van der Waals surface area contributed by atoms with Crippen LogP contribution in [-0.4, -0.2) is 30.0 Å². The highest BCUT2D eigenvalue weighted by Crippen LogP contribution is 2.40. The molecule has 0 spiro atoms. The highest BCUT2D eigenvalue weighted by Gasteiger charge is 2.30. The molecule has 0 bridgehead atoms. The molecule has 4 rings (SSSR count). The predicted molar refractivity (Wildman–Crippen MR) is 113 cm³/mol. The number of methoxy groups -OCH3 is 1. The number of aromatic nitrogens is 1. The second-order valence-corrected chi connectivity index (χ2v) is 7.01. The number of fused-ring (bicyclic) bond motifs is 2. The van der Waals surface area contributed by atoms with Gasteiger partial charge in [-0.25, -0.2) is 0 Å². The largest absolute Gasteiger partial charge is 0.497 e. The minimum atomic E-state index is -0.574. The summed E-state index contributed by atoms with van der Waals surface area (Å²) in [7, 11) is 1.62. The van der Waals surface area contributed by atoms with Gasteiger partial charge in [0, 0.05) is 34.8 Å². The lowest BCUT2D eigenvalue weighted by Crippen LogP contribution is -2.20. The fourth-order valence-corrected chi connectivity index (χ4v) is 3.62. The highest BCUT2D eigenvalue weighted by molar-refractivity contribution is 6.15. The molecule has 0 saturated heterocycles. The first-order chi connectivity index (χ1) is 14.4. The van der Waals surface area contributed by atoms with Crippen LogP contribution in [0.15, 0.2) is 42.3 Å². The average Bonchev–Trinajstić information content (AvgIpc) is 3.25. The van der Waals surface area contributed by atoms with Crippen LogP contribution in [-0.2, 0) is 11.3 Å². The molecule has 2 N–H and O–H groups in total. The number of ether oxygens (including phenoxy) is 3. The zero-order valence-corrected chi connectivity index (χ0v) is 17.0. The Morgan fingerprint density at radius 2 is 2.07 bits per heavy atom. The van der Waals surface area contributed by atoms with E-state index in [1.54, 1.807) is 32.2 Å². The van der Waals surface area contributed by atoms with Crippen molar-refractivity contribution in [3.8, 4) is 17.2 Å². The van der Waals surface area contributed by atoms with E-state index in [1.807, 2.05) is 24.4 Å². The van der Waals surface area contributed by atoms with E-state index in [9.17, 15) is 9.59 Å². The Morgan fingerprint density at radius 3 is 2.77 bits per heavy atom. The molecule has 2 heterocycles. The Hall–Kier alpha value is -3.74. The van der Waals surface area contributed by atoms with Crippen molar-refractivity contribution in [3.63, 3.8) is 0 Å². The maximum absolute atomic E-state index is 12.9. The zero-order chi connectivity index (χ0) is 21.4. The third-order valence-electron chi connectivity index (χ3n) is 5.15.